The zero-order chi connectivity index (χ0) is 35.4. The summed E-state index contributed by atoms with van der Waals surface area (Å²) in [7, 11) is -4.36. The normalized spacial score (nSPS) is 13.3. The van der Waals surface area contributed by atoms with E-state index in [-0.39, 0.29) is 38.6 Å². The van der Waals surface area contributed by atoms with Crippen LogP contribution in [0, 0.1) is 0 Å². The topological polar surface area (TPSA) is 134 Å². The van der Waals surface area contributed by atoms with E-state index in [1.165, 1.54) is 128 Å². The standard InChI is InChI=1S/C38H76NO8P/c1-3-5-7-9-11-12-13-14-15-16-17-18-19-20-21-22-23-24-25-27-29-31-38(41)47-36(35-46-48(42,43)45-33-32-39)34-44-37(40)30-28-26-10-8-6-4-2/h36H,3-35,39H2,1-2H3,(H,42,43). The summed E-state index contributed by atoms with van der Waals surface area (Å²) in [6.45, 7) is 3.68. The molecule has 0 rings (SSSR count). The van der Waals surface area contributed by atoms with Crippen LogP contribution in [0.3, 0.4) is 0 Å². The summed E-state index contributed by atoms with van der Waals surface area (Å²) < 4.78 is 32.5. The van der Waals surface area contributed by atoms with E-state index in [1.54, 1.807) is 0 Å². The zero-order valence-electron chi connectivity index (χ0n) is 31.2. The van der Waals surface area contributed by atoms with Gasteiger partial charge in [-0.3, -0.25) is 18.6 Å². The van der Waals surface area contributed by atoms with Gasteiger partial charge in [0.25, 0.3) is 0 Å². The Kier molecular flexibility index (Phi) is 35.1. The molecular formula is C38H76NO8P. The summed E-state index contributed by atoms with van der Waals surface area (Å²) in [5.74, 6) is -0.827. The molecular weight excluding hydrogens is 629 g/mol. The van der Waals surface area contributed by atoms with Crippen LogP contribution in [0.1, 0.15) is 200 Å². The van der Waals surface area contributed by atoms with E-state index in [1.807, 2.05) is 0 Å². The third-order valence-corrected chi connectivity index (χ3v) is 9.73. The molecule has 0 aliphatic carbocycles. The van der Waals surface area contributed by atoms with E-state index >= 15 is 0 Å². The number of phosphoric acid groups is 1. The Hall–Kier alpha value is -0.990. The number of carbonyl (C=O) groups is 2. The number of esters is 2. The van der Waals surface area contributed by atoms with Crippen molar-refractivity contribution in [2.45, 2.75) is 206 Å². The molecule has 0 aromatic heterocycles. The first-order chi connectivity index (χ1) is 23.3. The Morgan fingerprint density at radius 1 is 0.542 bits per heavy atom. The molecule has 286 valence electrons. The number of rotatable bonds is 38. The van der Waals surface area contributed by atoms with E-state index in [4.69, 9.17) is 24.3 Å². The number of phosphoric ester groups is 1. The minimum Gasteiger partial charge on any atom is -0.462 e. The number of hydrogen-bond donors (Lipinski definition) is 2. The first-order valence-corrected chi connectivity index (χ1v) is 21.5. The second-order valence-corrected chi connectivity index (χ2v) is 15.0. The molecule has 0 amide bonds. The number of nitrogens with two attached hydrogens (primary N) is 1. The molecule has 0 spiro atoms. The monoisotopic (exact) mass is 706 g/mol. The fourth-order valence-corrected chi connectivity index (χ4v) is 6.52. The summed E-state index contributed by atoms with van der Waals surface area (Å²) >= 11 is 0. The highest BCUT2D eigenvalue weighted by Crippen LogP contribution is 2.43. The molecule has 0 aromatic carbocycles. The molecule has 0 radical (unpaired) electrons. The van der Waals surface area contributed by atoms with Crippen LogP contribution < -0.4 is 5.73 Å². The van der Waals surface area contributed by atoms with Gasteiger partial charge in [-0.1, -0.05) is 174 Å². The Morgan fingerprint density at radius 3 is 1.27 bits per heavy atom. The van der Waals surface area contributed by atoms with Crippen LogP contribution in [0.25, 0.3) is 0 Å². The van der Waals surface area contributed by atoms with Crippen LogP contribution in [0.5, 0.6) is 0 Å². The fraction of sp³-hybridized carbons (Fsp3) is 0.947. The van der Waals surface area contributed by atoms with Crippen LogP contribution in [0.15, 0.2) is 0 Å². The molecule has 10 heteroatoms. The van der Waals surface area contributed by atoms with Crippen molar-refractivity contribution in [1.82, 2.24) is 0 Å². The summed E-state index contributed by atoms with van der Waals surface area (Å²) in [6.07, 6.45) is 33.1. The maximum atomic E-state index is 12.5. The smallest absolute Gasteiger partial charge is 0.462 e. The highest BCUT2D eigenvalue weighted by molar-refractivity contribution is 7.47. The van der Waals surface area contributed by atoms with Crippen molar-refractivity contribution in [3.8, 4) is 0 Å². The summed E-state index contributed by atoms with van der Waals surface area (Å²) in [4.78, 5) is 34.5. The van der Waals surface area contributed by atoms with Gasteiger partial charge in [-0.25, -0.2) is 4.57 Å². The first-order valence-electron chi connectivity index (χ1n) is 20.0. The van der Waals surface area contributed by atoms with E-state index in [2.05, 4.69) is 13.8 Å². The quantitative estimate of drug-likeness (QED) is 0.0365. The highest BCUT2D eigenvalue weighted by atomic mass is 31.2. The van der Waals surface area contributed by atoms with Gasteiger partial charge >= 0.3 is 19.8 Å². The Morgan fingerprint density at radius 2 is 0.896 bits per heavy atom. The molecule has 3 N–H and O–H groups in total. The molecule has 0 bridgehead atoms. The minimum atomic E-state index is -4.36. The van der Waals surface area contributed by atoms with Gasteiger partial charge in [0.2, 0.25) is 0 Å². The SMILES string of the molecule is CCCCCCCCCCCCCCCCCCCCCCCC(=O)OC(COC(=O)CCCCCCCC)COP(=O)(O)OCCN. The number of carbonyl (C=O) groups excluding carboxylic acids is 2. The second-order valence-electron chi connectivity index (χ2n) is 13.5. The minimum absolute atomic E-state index is 0.0574. The molecule has 0 saturated heterocycles. The molecule has 0 saturated carbocycles. The van der Waals surface area contributed by atoms with Gasteiger partial charge in [-0.15, -0.1) is 0 Å². The predicted molar refractivity (Wildman–Crippen MR) is 197 cm³/mol. The molecule has 2 atom stereocenters. The van der Waals surface area contributed by atoms with Gasteiger partial charge < -0.3 is 20.1 Å². The zero-order valence-corrected chi connectivity index (χ0v) is 32.1. The summed E-state index contributed by atoms with van der Waals surface area (Å²) in [6, 6.07) is 0. The highest BCUT2D eigenvalue weighted by Gasteiger charge is 2.26. The average Bonchev–Trinajstić information content (AvgIpc) is 3.07. The molecule has 0 heterocycles. The Labute approximate surface area is 295 Å². The largest absolute Gasteiger partial charge is 0.472 e. The second kappa shape index (κ2) is 35.8. The number of ether oxygens (including phenoxy) is 2. The molecule has 9 nitrogen and oxygen atoms in total. The molecule has 48 heavy (non-hydrogen) atoms. The predicted octanol–water partition coefficient (Wildman–Crippen LogP) is 10.9. The van der Waals surface area contributed by atoms with E-state index in [9.17, 15) is 19.0 Å². The summed E-state index contributed by atoms with van der Waals surface area (Å²) in [5.41, 5.74) is 5.32. The van der Waals surface area contributed by atoms with Gasteiger partial charge in [-0.05, 0) is 12.8 Å². The van der Waals surface area contributed by atoms with Crippen LogP contribution in [-0.4, -0.2) is 49.3 Å². The third kappa shape index (κ3) is 34.9. The van der Waals surface area contributed by atoms with Gasteiger partial charge in [0, 0.05) is 19.4 Å². The first kappa shape index (κ1) is 47.0. The molecule has 0 aliphatic heterocycles. The maximum absolute atomic E-state index is 12.5. The van der Waals surface area contributed by atoms with Gasteiger partial charge in [-0.2, -0.15) is 0 Å². The van der Waals surface area contributed by atoms with E-state index in [0.717, 1.165) is 38.5 Å². The molecule has 2 unspecified atom stereocenters. The lowest BCUT2D eigenvalue weighted by atomic mass is 10.0. The van der Waals surface area contributed by atoms with Crippen molar-refractivity contribution in [2.75, 3.05) is 26.4 Å². The fourth-order valence-electron chi connectivity index (χ4n) is 5.75. The van der Waals surface area contributed by atoms with Crippen LogP contribution in [0.4, 0.5) is 0 Å². The van der Waals surface area contributed by atoms with Crippen molar-refractivity contribution >= 4 is 19.8 Å². The number of unbranched alkanes of at least 4 members (excludes halogenated alkanes) is 25. The van der Waals surface area contributed by atoms with E-state index in [0.29, 0.717) is 6.42 Å². The van der Waals surface area contributed by atoms with Crippen molar-refractivity contribution in [1.29, 1.82) is 0 Å². The summed E-state index contributed by atoms with van der Waals surface area (Å²) in [5, 5.41) is 0. The lowest BCUT2D eigenvalue weighted by molar-refractivity contribution is -0.161. The average molecular weight is 706 g/mol. The van der Waals surface area contributed by atoms with Gasteiger partial charge in [0.1, 0.15) is 6.61 Å². The van der Waals surface area contributed by atoms with Crippen molar-refractivity contribution < 1.29 is 37.6 Å². The van der Waals surface area contributed by atoms with Crippen molar-refractivity contribution in [3.05, 3.63) is 0 Å². The molecule has 0 fully saturated rings. The van der Waals surface area contributed by atoms with Crippen molar-refractivity contribution in [2.24, 2.45) is 5.73 Å². The Bertz CT molecular complexity index is 769. The Balaban J connectivity index is 3.96. The third-order valence-electron chi connectivity index (χ3n) is 8.74. The van der Waals surface area contributed by atoms with Crippen LogP contribution in [-0.2, 0) is 32.7 Å². The number of hydrogen-bond acceptors (Lipinski definition) is 8. The lowest BCUT2D eigenvalue weighted by Crippen LogP contribution is -2.29. The lowest BCUT2D eigenvalue weighted by Gasteiger charge is -2.19. The van der Waals surface area contributed by atoms with Gasteiger partial charge in [0.15, 0.2) is 6.10 Å². The van der Waals surface area contributed by atoms with Crippen molar-refractivity contribution in [3.63, 3.8) is 0 Å². The van der Waals surface area contributed by atoms with Crippen LogP contribution >= 0.6 is 7.82 Å². The molecule has 0 aromatic rings. The maximum Gasteiger partial charge on any atom is 0.472 e. The van der Waals surface area contributed by atoms with Gasteiger partial charge in [0.05, 0.1) is 13.2 Å². The van der Waals surface area contributed by atoms with Crippen LogP contribution in [0.2, 0.25) is 0 Å². The van der Waals surface area contributed by atoms with E-state index < -0.39 is 26.5 Å². The molecule has 0 aliphatic rings.